The lowest BCUT2D eigenvalue weighted by Gasteiger charge is -2.23. The van der Waals surface area contributed by atoms with Crippen LogP contribution in [0.5, 0.6) is 0 Å². The van der Waals surface area contributed by atoms with E-state index in [1.807, 2.05) is 50.2 Å². The molecule has 1 atom stereocenters. The molecular weight excluding hydrogens is 284 g/mol. The Morgan fingerprint density at radius 1 is 1.00 bits per heavy atom. The zero-order valence-electron chi connectivity index (χ0n) is 14.4. The van der Waals surface area contributed by atoms with Crippen molar-refractivity contribution < 1.29 is 4.79 Å². The zero-order chi connectivity index (χ0) is 16.8. The monoisotopic (exact) mass is 310 g/mol. The molecule has 0 aliphatic carbocycles. The van der Waals surface area contributed by atoms with Gasteiger partial charge < -0.3 is 10.6 Å². The average Bonchev–Trinajstić information content (AvgIpc) is 2.53. The summed E-state index contributed by atoms with van der Waals surface area (Å²) in [5.74, 6) is 0.395. The van der Waals surface area contributed by atoms with Crippen molar-refractivity contribution in [3.8, 4) is 0 Å². The maximum absolute atomic E-state index is 12.3. The summed E-state index contributed by atoms with van der Waals surface area (Å²) in [6.45, 7) is 8.69. The molecule has 0 saturated carbocycles. The second kappa shape index (κ2) is 7.93. The number of nitrogens with one attached hydrogen (secondary N) is 2. The topological polar surface area (TPSA) is 41.1 Å². The van der Waals surface area contributed by atoms with Gasteiger partial charge in [-0.3, -0.25) is 4.79 Å². The number of anilines is 1. The van der Waals surface area contributed by atoms with E-state index in [1.165, 1.54) is 11.1 Å². The maximum Gasteiger partial charge on any atom is 0.238 e. The van der Waals surface area contributed by atoms with Gasteiger partial charge in [-0.15, -0.1) is 0 Å². The first-order valence-electron chi connectivity index (χ1n) is 8.13. The van der Waals surface area contributed by atoms with Crippen LogP contribution in [-0.2, 0) is 4.79 Å². The van der Waals surface area contributed by atoms with Crippen molar-refractivity contribution in [1.82, 2.24) is 5.32 Å². The van der Waals surface area contributed by atoms with Gasteiger partial charge in [-0.2, -0.15) is 0 Å². The van der Waals surface area contributed by atoms with Crippen LogP contribution in [0.15, 0.2) is 48.5 Å². The van der Waals surface area contributed by atoms with E-state index in [-0.39, 0.29) is 11.9 Å². The summed E-state index contributed by atoms with van der Waals surface area (Å²) in [6, 6.07) is 16.4. The Kier molecular flexibility index (Phi) is 5.94. The molecule has 0 saturated heterocycles. The molecule has 23 heavy (non-hydrogen) atoms. The number of aryl methyl sites for hydroxylation is 1. The summed E-state index contributed by atoms with van der Waals surface area (Å²) in [5.41, 5.74) is 4.39. The highest BCUT2D eigenvalue weighted by atomic mass is 16.1. The first-order chi connectivity index (χ1) is 11.0. The van der Waals surface area contributed by atoms with Crippen molar-refractivity contribution in [3.63, 3.8) is 0 Å². The number of hydrogen-bond donors (Lipinski definition) is 2. The minimum absolute atomic E-state index is 0.0136. The second-order valence-electron chi connectivity index (χ2n) is 6.31. The van der Waals surface area contributed by atoms with Crippen LogP contribution < -0.4 is 10.6 Å². The lowest BCUT2D eigenvalue weighted by Crippen LogP contribution is -2.33. The van der Waals surface area contributed by atoms with Gasteiger partial charge in [0.05, 0.1) is 6.54 Å². The molecular formula is C20H26N2O. The highest BCUT2D eigenvalue weighted by molar-refractivity contribution is 5.93. The number of hydrogen-bond acceptors (Lipinski definition) is 2. The SMILES string of the molecule is Cc1cccc(NC(=O)CN[C@@H](c2ccccc2)C(C)C)c1C. The Hall–Kier alpha value is -2.13. The zero-order valence-corrected chi connectivity index (χ0v) is 14.4. The average molecular weight is 310 g/mol. The van der Waals surface area contributed by atoms with Gasteiger partial charge in [0.2, 0.25) is 5.91 Å². The van der Waals surface area contributed by atoms with E-state index in [0.29, 0.717) is 12.5 Å². The molecule has 0 unspecified atom stereocenters. The fourth-order valence-corrected chi connectivity index (χ4v) is 2.68. The molecule has 1 amide bonds. The predicted molar refractivity (Wildman–Crippen MR) is 96.6 cm³/mol. The van der Waals surface area contributed by atoms with Crippen LogP contribution in [0.1, 0.15) is 36.6 Å². The van der Waals surface area contributed by atoms with Crippen LogP contribution in [-0.4, -0.2) is 12.5 Å². The van der Waals surface area contributed by atoms with Crippen LogP contribution in [0.25, 0.3) is 0 Å². The Labute approximate surface area is 139 Å². The summed E-state index contributed by atoms with van der Waals surface area (Å²) in [6.07, 6.45) is 0. The Morgan fingerprint density at radius 3 is 2.35 bits per heavy atom. The van der Waals surface area contributed by atoms with Crippen molar-refractivity contribution in [1.29, 1.82) is 0 Å². The molecule has 0 bridgehead atoms. The summed E-state index contributed by atoms with van der Waals surface area (Å²) in [4.78, 5) is 12.3. The molecule has 122 valence electrons. The molecule has 0 spiro atoms. The van der Waals surface area contributed by atoms with Crippen LogP contribution >= 0.6 is 0 Å². The number of carbonyl (C=O) groups is 1. The van der Waals surface area contributed by atoms with Gasteiger partial charge in [-0.1, -0.05) is 56.3 Å². The molecule has 2 aromatic rings. The third-order valence-electron chi connectivity index (χ3n) is 4.19. The van der Waals surface area contributed by atoms with Crippen molar-refractivity contribution in [2.45, 2.75) is 33.7 Å². The van der Waals surface area contributed by atoms with E-state index in [0.717, 1.165) is 11.3 Å². The summed E-state index contributed by atoms with van der Waals surface area (Å²) < 4.78 is 0. The normalized spacial score (nSPS) is 12.2. The fraction of sp³-hybridized carbons (Fsp3) is 0.350. The maximum atomic E-state index is 12.3. The molecule has 3 nitrogen and oxygen atoms in total. The van der Waals surface area contributed by atoms with Gasteiger partial charge in [-0.05, 0) is 42.5 Å². The van der Waals surface area contributed by atoms with E-state index < -0.39 is 0 Å². The fourth-order valence-electron chi connectivity index (χ4n) is 2.68. The van der Waals surface area contributed by atoms with E-state index in [4.69, 9.17) is 0 Å². The molecule has 2 aromatic carbocycles. The number of rotatable bonds is 6. The highest BCUT2D eigenvalue weighted by Crippen LogP contribution is 2.21. The molecule has 2 N–H and O–H groups in total. The molecule has 0 aliphatic heterocycles. The van der Waals surface area contributed by atoms with Gasteiger partial charge in [0.25, 0.3) is 0 Å². The number of benzene rings is 2. The van der Waals surface area contributed by atoms with Crippen LogP contribution in [0, 0.1) is 19.8 Å². The lowest BCUT2D eigenvalue weighted by atomic mass is 9.96. The van der Waals surface area contributed by atoms with Gasteiger partial charge in [0.1, 0.15) is 0 Å². The van der Waals surface area contributed by atoms with Gasteiger partial charge in [-0.25, -0.2) is 0 Å². The third-order valence-corrected chi connectivity index (χ3v) is 4.19. The molecule has 0 aromatic heterocycles. The highest BCUT2D eigenvalue weighted by Gasteiger charge is 2.16. The third kappa shape index (κ3) is 4.67. The quantitative estimate of drug-likeness (QED) is 0.838. The van der Waals surface area contributed by atoms with Gasteiger partial charge in [0.15, 0.2) is 0 Å². The largest absolute Gasteiger partial charge is 0.325 e. The Bertz CT molecular complexity index is 650. The summed E-state index contributed by atoms with van der Waals surface area (Å²) in [7, 11) is 0. The lowest BCUT2D eigenvalue weighted by molar-refractivity contribution is -0.115. The second-order valence-corrected chi connectivity index (χ2v) is 6.31. The van der Waals surface area contributed by atoms with Crippen molar-refractivity contribution in [2.75, 3.05) is 11.9 Å². The Morgan fingerprint density at radius 2 is 1.70 bits per heavy atom. The molecule has 2 rings (SSSR count). The van der Waals surface area contributed by atoms with E-state index >= 15 is 0 Å². The minimum Gasteiger partial charge on any atom is -0.325 e. The first kappa shape index (κ1) is 17.2. The van der Waals surface area contributed by atoms with Crippen molar-refractivity contribution >= 4 is 11.6 Å². The van der Waals surface area contributed by atoms with E-state index in [1.54, 1.807) is 0 Å². The molecule has 0 radical (unpaired) electrons. The van der Waals surface area contributed by atoms with Gasteiger partial charge >= 0.3 is 0 Å². The molecule has 0 fully saturated rings. The molecule has 3 heteroatoms. The van der Waals surface area contributed by atoms with E-state index in [9.17, 15) is 4.79 Å². The Balaban J connectivity index is 1.98. The standard InChI is InChI=1S/C20H26N2O/c1-14(2)20(17-10-6-5-7-11-17)21-13-19(23)22-18-12-8-9-15(3)16(18)4/h5-12,14,20-21H,13H2,1-4H3,(H,22,23)/t20-/m1/s1. The van der Waals surface area contributed by atoms with Gasteiger partial charge in [0, 0.05) is 11.7 Å². The molecule has 0 aliphatic rings. The first-order valence-corrected chi connectivity index (χ1v) is 8.13. The van der Waals surface area contributed by atoms with Crippen LogP contribution in [0.3, 0.4) is 0 Å². The predicted octanol–water partition coefficient (Wildman–Crippen LogP) is 4.23. The number of amides is 1. The smallest absolute Gasteiger partial charge is 0.238 e. The summed E-state index contributed by atoms with van der Waals surface area (Å²) in [5, 5.41) is 6.37. The minimum atomic E-state index is -0.0136. The van der Waals surface area contributed by atoms with E-state index in [2.05, 4.69) is 36.6 Å². The summed E-state index contributed by atoms with van der Waals surface area (Å²) >= 11 is 0. The van der Waals surface area contributed by atoms with Crippen molar-refractivity contribution in [3.05, 3.63) is 65.2 Å². The molecule has 0 heterocycles. The van der Waals surface area contributed by atoms with Crippen molar-refractivity contribution in [2.24, 2.45) is 5.92 Å². The van der Waals surface area contributed by atoms with Crippen LogP contribution in [0.4, 0.5) is 5.69 Å². The number of carbonyl (C=O) groups excluding carboxylic acids is 1. The van der Waals surface area contributed by atoms with Crippen LogP contribution in [0.2, 0.25) is 0 Å².